The van der Waals surface area contributed by atoms with E-state index in [1.807, 2.05) is 16.2 Å². The molecule has 3 fully saturated rings. The Balaban J connectivity index is 0.998. The SMILES string of the molecule is COC1(C)CN(C(=O)NC2CCC(CCN3CCN(c4cccc5sccc45)CC3)CC2)C1. The van der Waals surface area contributed by atoms with Gasteiger partial charge in [-0.15, -0.1) is 11.3 Å². The van der Waals surface area contributed by atoms with Gasteiger partial charge in [0.25, 0.3) is 0 Å². The van der Waals surface area contributed by atoms with Crippen LogP contribution in [-0.4, -0.2) is 80.4 Å². The van der Waals surface area contributed by atoms with Crippen LogP contribution in [0, 0.1) is 5.92 Å². The van der Waals surface area contributed by atoms with E-state index >= 15 is 0 Å². The second-order valence-corrected chi connectivity index (χ2v) is 11.4. The Hall–Kier alpha value is -1.83. The molecule has 0 unspecified atom stereocenters. The molecule has 0 radical (unpaired) electrons. The quantitative estimate of drug-likeness (QED) is 0.680. The number of anilines is 1. The monoisotopic (exact) mass is 470 g/mol. The molecule has 0 bridgehead atoms. The number of fused-ring (bicyclic) bond motifs is 1. The Bertz CT molecular complexity index is 941. The Labute approximate surface area is 201 Å². The molecule has 5 rings (SSSR count). The molecule has 2 aliphatic heterocycles. The lowest BCUT2D eigenvalue weighted by molar-refractivity contribution is -0.0914. The van der Waals surface area contributed by atoms with Crippen molar-refractivity contribution in [3.8, 4) is 0 Å². The highest BCUT2D eigenvalue weighted by atomic mass is 32.1. The Morgan fingerprint density at radius 1 is 1.12 bits per heavy atom. The standard InChI is InChI=1S/C26H38N4O2S/c1-26(32-2)18-30(19-26)25(31)27-21-8-6-20(7-9-21)10-12-28-13-15-29(16-14-28)23-4-3-5-24-22(23)11-17-33-24/h3-5,11,17,20-21H,6-10,12-16,18-19H2,1-2H3,(H,27,31). The topological polar surface area (TPSA) is 48.1 Å². The minimum Gasteiger partial charge on any atom is -0.375 e. The summed E-state index contributed by atoms with van der Waals surface area (Å²) in [6.07, 6.45) is 6.00. The molecule has 1 aromatic carbocycles. The number of hydrogen-bond donors (Lipinski definition) is 1. The van der Waals surface area contributed by atoms with Gasteiger partial charge < -0.3 is 19.9 Å². The number of carbonyl (C=O) groups is 1. The smallest absolute Gasteiger partial charge is 0.317 e. The second-order valence-electron chi connectivity index (χ2n) is 10.4. The van der Waals surface area contributed by atoms with Crippen LogP contribution in [0.5, 0.6) is 0 Å². The molecule has 1 aliphatic carbocycles. The van der Waals surface area contributed by atoms with Crippen molar-refractivity contribution in [2.75, 3.05) is 57.8 Å². The number of hydrogen-bond acceptors (Lipinski definition) is 5. The fourth-order valence-corrected chi connectivity index (χ4v) is 6.53. The number of nitrogens with zero attached hydrogens (tertiary/aromatic N) is 3. The van der Waals surface area contributed by atoms with Crippen LogP contribution in [0.3, 0.4) is 0 Å². The second kappa shape index (κ2) is 9.80. The fourth-order valence-electron chi connectivity index (χ4n) is 5.73. The van der Waals surface area contributed by atoms with Gasteiger partial charge in [-0.25, -0.2) is 4.79 Å². The molecule has 1 N–H and O–H groups in total. The summed E-state index contributed by atoms with van der Waals surface area (Å²) in [5, 5.41) is 6.86. The van der Waals surface area contributed by atoms with Crippen LogP contribution >= 0.6 is 11.3 Å². The van der Waals surface area contributed by atoms with Gasteiger partial charge in [0.05, 0.1) is 13.1 Å². The highest BCUT2D eigenvalue weighted by molar-refractivity contribution is 7.17. The number of piperazine rings is 1. The van der Waals surface area contributed by atoms with Crippen LogP contribution in [0.2, 0.25) is 0 Å². The minimum atomic E-state index is -0.155. The zero-order valence-electron chi connectivity index (χ0n) is 20.1. The molecule has 2 amide bonds. The summed E-state index contributed by atoms with van der Waals surface area (Å²) in [7, 11) is 1.72. The first-order chi connectivity index (χ1) is 16.0. The van der Waals surface area contributed by atoms with Crippen LogP contribution < -0.4 is 10.2 Å². The molecule has 6 nitrogen and oxygen atoms in total. The van der Waals surface area contributed by atoms with Crippen molar-refractivity contribution in [1.82, 2.24) is 15.1 Å². The number of rotatable bonds is 6. The molecule has 33 heavy (non-hydrogen) atoms. The van der Waals surface area contributed by atoms with Gasteiger partial charge in [-0.05, 0) is 75.1 Å². The van der Waals surface area contributed by atoms with Gasteiger partial charge in [0.2, 0.25) is 0 Å². The molecule has 0 spiro atoms. The van der Waals surface area contributed by atoms with Crippen LogP contribution in [0.1, 0.15) is 39.0 Å². The van der Waals surface area contributed by atoms with E-state index in [1.54, 1.807) is 7.11 Å². The summed E-state index contributed by atoms with van der Waals surface area (Å²) in [4.78, 5) is 19.5. The van der Waals surface area contributed by atoms with Crippen LogP contribution in [0.25, 0.3) is 10.1 Å². The summed E-state index contributed by atoms with van der Waals surface area (Å²) in [5.41, 5.74) is 1.25. The summed E-state index contributed by atoms with van der Waals surface area (Å²) in [6, 6.07) is 9.39. The third-order valence-corrected chi connectivity index (χ3v) is 8.93. The third-order valence-electron chi connectivity index (χ3n) is 8.04. The Kier molecular flexibility index (Phi) is 6.81. The van der Waals surface area contributed by atoms with E-state index in [0.29, 0.717) is 19.1 Å². The van der Waals surface area contributed by atoms with Crippen molar-refractivity contribution >= 4 is 33.1 Å². The first-order valence-electron chi connectivity index (χ1n) is 12.6. The number of amides is 2. The van der Waals surface area contributed by atoms with Gasteiger partial charge in [-0.3, -0.25) is 4.90 Å². The zero-order valence-corrected chi connectivity index (χ0v) is 20.9. The van der Waals surface area contributed by atoms with Crippen molar-refractivity contribution in [2.45, 2.75) is 50.7 Å². The van der Waals surface area contributed by atoms with Crippen molar-refractivity contribution in [2.24, 2.45) is 5.92 Å². The number of nitrogens with one attached hydrogen (secondary N) is 1. The molecule has 3 aliphatic rings. The highest BCUT2D eigenvalue weighted by Crippen LogP contribution is 2.32. The van der Waals surface area contributed by atoms with E-state index < -0.39 is 0 Å². The number of carbonyl (C=O) groups excluding carboxylic acids is 1. The summed E-state index contributed by atoms with van der Waals surface area (Å²) >= 11 is 1.83. The number of ether oxygens (including phenoxy) is 1. The van der Waals surface area contributed by atoms with E-state index in [-0.39, 0.29) is 11.6 Å². The predicted octanol–water partition coefficient (Wildman–Crippen LogP) is 4.40. The Morgan fingerprint density at radius 2 is 1.88 bits per heavy atom. The molecule has 2 aromatic rings. The minimum absolute atomic E-state index is 0.0870. The van der Waals surface area contributed by atoms with Crippen molar-refractivity contribution < 1.29 is 9.53 Å². The molecule has 2 saturated heterocycles. The van der Waals surface area contributed by atoms with Crippen LogP contribution in [0.4, 0.5) is 10.5 Å². The lowest BCUT2D eigenvalue weighted by Crippen LogP contribution is -2.65. The number of urea groups is 1. The van der Waals surface area contributed by atoms with Gasteiger partial charge in [0.15, 0.2) is 0 Å². The maximum atomic E-state index is 12.4. The average Bonchev–Trinajstić information content (AvgIpc) is 3.31. The molecular formula is C26H38N4O2S. The van der Waals surface area contributed by atoms with Gasteiger partial charge >= 0.3 is 6.03 Å². The predicted molar refractivity (Wildman–Crippen MR) is 136 cm³/mol. The number of thiophene rings is 1. The lowest BCUT2D eigenvalue weighted by Gasteiger charge is -2.47. The molecule has 3 heterocycles. The normalized spacial score (nSPS) is 25.8. The first kappa shape index (κ1) is 22.9. The molecular weight excluding hydrogens is 432 g/mol. The third kappa shape index (κ3) is 5.15. The van der Waals surface area contributed by atoms with E-state index in [9.17, 15) is 4.79 Å². The van der Waals surface area contributed by atoms with Gasteiger partial charge in [0.1, 0.15) is 5.60 Å². The molecule has 1 aromatic heterocycles. The van der Waals surface area contributed by atoms with E-state index in [4.69, 9.17) is 4.74 Å². The Morgan fingerprint density at radius 3 is 2.61 bits per heavy atom. The van der Waals surface area contributed by atoms with Crippen molar-refractivity contribution in [3.63, 3.8) is 0 Å². The zero-order chi connectivity index (χ0) is 22.8. The van der Waals surface area contributed by atoms with Crippen LogP contribution in [-0.2, 0) is 4.74 Å². The van der Waals surface area contributed by atoms with Gasteiger partial charge in [0, 0.05) is 55.1 Å². The van der Waals surface area contributed by atoms with E-state index in [2.05, 4.69) is 51.7 Å². The summed E-state index contributed by atoms with van der Waals surface area (Å²) < 4.78 is 6.84. The van der Waals surface area contributed by atoms with Crippen molar-refractivity contribution in [1.29, 1.82) is 0 Å². The van der Waals surface area contributed by atoms with Gasteiger partial charge in [-0.2, -0.15) is 0 Å². The van der Waals surface area contributed by atoms with Crippen LogP contribution in [0.15, 0.2) is 29.6 Å². The number of benzene rings is 1. The first-order valence-corrected chi connectivity index (χ1v) is 13.4. The molecule has 1 saturated carbocycles. The fraction of sp³-hybridized carbons (Fsp3) is 0.654. The number of likely N-dealkylation sites (tertiary alicyclic amines) is 1. The summed E-state index contributed by atoms with van der Waals surface area (Å²) in [5.74, 6) is 0.802. The van der Waals surface area contributed by atoms with E-state index in [0.717, 1.165) is 44.9 Å². The van der Waals surface area contributed by atoms with Gasteiger partial charge in [-0.1, -0.05) is 6.07 Å². The molecule has 0 atom stereocenters. The number of methoxy groups -OCH3 is 1. The molecule has 180 valence electrons. The average molecular weight is 471 g/mol. The van der Waals surface area contributed by atoms with E-state index in [1.165, 1.54) is 41.6 Å². The maximum absolute atomic E-state index is 12.4. The summed E-state index contributed by atoms with van der Waals surface area (Å²) in [6.45, 7) is 9.21. The highest BCUT2D eigenvalue weighted by Gasteiger charge is 2.42. The van der Waals surface area contributed by atoms with Crippen molar-refractivity contribution in [3.05, 3.63) is 29.6 Å². The lowest BCUT2D eigenvalue weighted by atomic mass is 9.84. The maximum Gasteiger partial charge on any atom is 0.317 e. The largest absolute Gasteiger partial charge is 0.375 e. The molecule has 7 heteroatoms.